The second kappa shape index (κ2) is 30.4. The zero-order valence-electron chi connectivity index (χ0n) is 59.0. The number of nitrogens with one attached hydrogen (secondary N) is 10. The summed E-state index contributed by atoms with van der Waals surface area (Å²) in [6.45, 7) is 16.6. The minimum absolute atomic E-state index is 0. The van der Waals surface area contributed by atoms with E-state index in [4.69, 9.17) is 9.47 Å². The van der Waals surface area contributed by atoms with Crippen LogP contribution in [-0.4, -0.2) is 39.9 Å². The molecular weight excluding hydrogens is 1340 g/mol. The van der Waals surface area contributed by atoms with Gasteiger partial charge in [0.05, 0.1) is 17.1 Å². The zero-order chi connectivity index (χ0) is 72.9. The minimum atomic E-state index is 0. The number of H-pyrrole nitrogens is 8. The van der Waals surface area contributed by atoms with Gasteiger partial charge in [-0.3, -0.25) is 0 Å². The van der Waals surface area contributed by atoms with Crippen molar-refractivity contribution in [3.63, 3.8) is 0 Å². The standard InChI is InChI=1S/2C24H19N3.2C24H18N2O.CH4/c1-16(23-14-18-7-2-4-11-21(18)26-23)25-20-10-6-9-17(13-20)24-15-19-8-3-5-12-22(19)27-24;1-16(25-24-15-20-8-3-5-12-22(20)27-24)17-9-6-10-18(13-17)23-14-19-7-2-4-11-21(19)26-23;1-16(23-14-18-7-2-4-11-21(18)25-23)27-20-10-6-9-17(13-20)24-15-19-8-3-5-12-22(19)26-24;1-16(27-24-15-20-8-3-5-12-22(20)26-24)17-9-6-10-18(13-17)23-14-19-7-2-4-11-21(19)25-23;/h2*2-15,25-27H,1H2;2*2-15,25-26H,1H2;1H4. The van der Waals surface area contributed by atoms with Gasteiger partial charge >= 0.3 is 0 Å². The number of fused-ring (bicyclic) bond motifs is 8. The van der Waals surface area contributed by atoms with Gasteiger partial charge in [-0.1, -0.05) is 240 Å². The number of para-hydroxylation sites is 8. The molecule has 12 nitrogen and oxygen atoms in total. The largest absolute Gasteiger partial charge is 0.456 e. The van der Waals surface area contributed by atoms with Crippen molar-refractivity contribution in [1.82, 2.24) is 39.9 Å². The highest BCUT2D eigenvalue weighted by Crippen LogP contribution is 2.35. The van der Waals surface area contributed by atoms with E-state index in [0.29, 0.717) is 17.4 Å². The van der Waals surface area contributed by atoms with Crippen LogP contribution in [0, 0.1) is 0 Å². The monoisotopic (exact) mass is 1410 g/mol. The number of benzene rings is 12. The van der Waals surface area contributed by atoms with E-state index in [1.165, 1.54) is 32.3 Å². The van der Waals surface area contributed by atoms with Crippen LogP contribution in [-0.2, 0) is 0 Å². The predicted octanol–water partition coefficient (Wildman–Crippen LogP) is 26.2. The summed E-state index contributed by atoms with van der Waals surface area (Å²) in [6.07, 6.45) is 0. The maximum atomic E-state index is 6.03. The van der Waals surface area contributed by atoms with Gasteiger partial charge in [-0.2, -0.15) is 0 Å². The van der Waals surface area contributed by atoms with Gasteiger partial charge in [0, 0.05) is 144 Å². The van der Waals surface area contributed by atoms with Gasteiger partial charge < -0.3 is 60.0 Å². The Hall–Kier alpha value is -14.9. The Morgan fingerprint density at radius 3 is 1.06 bits per heavy atom. The molecule has 0 aliphatic heterocycles. The number of aromatic nitrogens is 8. The number of ether oxygens (including phenoxy) is 2. The molecule has 12 heteroatoms. The van der Waals surface area contributed by atoms with Crippen molar-refractivity contribution in [2.45, 2.75) is 7.43 Å². The summed E-state index contributed by atoms with van der Waals surface area (Å²) in [5.74, 6) is 3.60. The molecule has 0 fully saturated rings. The Kier molecular flexibility index (Phi) is 19.1. The third-order valence-electron chi connectivity index (χ3n) is 19.2. The average Bonchev–Trinajstić information content (AvgIpc) is 1.69. The van der Waals surface area contributed by atoms with E-state index in [-0.39, 0.29) is 7.43 Å². The number of hydrogen-bond donors (Lipinski definition) is 10. The van der Waals surface area contributed by atoms with E-state index >= 15 is 0 Å². The van der Waals surface area contributed by atoms with Crippen molar-refractivity contribution < 1.29 is 9.47 Å². The van der Waals surface area contributed by atoms with Gasteiger partial charge in [0.2, 0.25) is 0 Å². The highest BCUT2D eigenvalue weighted by Gasteiger charge is 2.14. The summed E-state index contributed by atoms with van der Waals surface area (Å²) < 4.78 is 12.0. The van der Waals surface area contributed by atoms with Crippen LogP contribution in [0.4, 0.5) is 11.5 Å². The zero-order valence-corrected chi connectivity index (χ0v) is 59.0. The number of hydrogen-bond acceptors (Lipinski definition) is 4. The Bertz CT molecular complexity index is 6050. The van der Waals surface area contributed by atoms with Crippen LogP contribution in [0.1, 0.15) is 29.9 Å². The van der Waals surface area contributed by atoms with Crippen molar-refractivity contribution in [1.29, 1.82) is 0 Å². The first-order valence-electron chi connectivity index (χ1n) is 35.8. The van der Waals surface area contributed by atoms with Crippen LogP contribution in [0.5, 0.6) is 11.6 Å². The summed E-state index contributed by atoms with van der Waals surface area (Å²) in [5, 5.41) is 16.3. The lowest BCUT2D eigenvalue weighted by atomic mass is 10.1. The molecule has 0 spiro atoms. The third-order valence-corrected chi connectivity index (χ3v) is 19.2. The van der Waals surface area contributed by atoms with Crippen LogP contribution >= 0.6 is 0 Å². The first-order chi connectivity index (χ1) is 53.0. The van der Waals surface area contributed by atoms with Crippen LogP contribution < -0.4 is 20.1 Å². The second-order valence-corrected chi connectivity index (χ2v) is 26.6. The van der Waals surface area contributed by atoms with Crippen molar-refractivity contribution in [3.8, 4) is 56.7 Å². The summed E-state index contributed by atoms with van der Waals surface area (Å²) in [6, 6.07) is 116. The third kappa shape index (κ3) is 15.3. The van der Waals surface area contributed by atoms with E-state index in [1.807, 2.05) is 133 Å². The molecule has 528 valence electrons. The van der Waals surface area contributed by atoms with E-state index < -0.39 is 0 Å². The minimum Gasteiger partial charge on any atom is -0.456 e. The number of aromatic amines is 8. The number of anilines is 2. The Labute approximate surface area is 630 Å². The first-order valence-corrected chi connectivity index (χ1v) is 35.8. The molecule has 109 heavy (non-hydrogen) atoms. The molecule has 0 aliphatic rings. The molecule has 0 saturated carbocycles. The molecule has 8 heterocycles. The van der Waals surface area contributed by atoms with Crippen molar-refractivity contribution in [3.05, 3.63) is 389 Å². The second-order valence-electron chi connectivity index (χ2n) is 26.6. The molecule has 0 saturated heterocycles. The van der Waals surface area contributed by atoms with Crippen LogP contribution in [0.25, 0.3) is 155 Å². The lowest BCUT2D eigenvalue weighted by molar-refractivity contribution is 0.500. The molecule has 0 aliphatic carbocycles. The molecule has 0 radical (unpaired) electrons. The fraction of sp³-hybridized carbons (Fsp3) is 0.0103. The first kappa shape index (κ1) is 68.5. The Balaban J connectivity index is 0.000000110. The van der Waals surface area contributed by atoms with Crippen molar-refractivity contribution in [2.24, 2.45) is 0 Å². The summed E-state index contributed by atoms with van der Waals surface area (Å²) in [7, 11) is 0. The lowest BCUT2D eigenvalue weighted by Gasteiger charge is -2.09. The predicted molar refractivity (Wildman–Crippen MR) is 460 cm³/mol. The van der Waals surface area contributed by atoms with Gasteiger partial charge in [0.25, 0.3) is 0 Å². The molecule has 8 aromatic heterocycles. The molecular formula is C97H78N10O2. The molecule has 0 bridgehead atoms. The van der Waals surface area contributed by atoms with E-state index in [9.17, 15) is 0 Å². The molecule has 10 N–H and O–H groups in total. The van der Waals surface area contributed by atoms with Crippen LogP contribution in [0.15, 0.2) is 366 Å². The van der Waals surface area contributed by atoms with Crippen LogP contribution in [0.2, 0.25) is 0 Å². The topological polar surface area (TPSA) is 169 Å². The van der Waals surface area contributed by atoms with E-state index in [1.54, 1.807) is 0 Å². The van der Waals surface area contributed by atoms with Crippen molar-refractivity contribution in [2.75, 3.05) is 10.6 Å². The highest BCUT2D eigenvalue weighted by atomic mass is 16.5. The quantitative estimate of drug-likeness (QED) is 0.0435. The fourth-order valence-corrected chi connectivity index (χ4v) is 13.7. The maximum absolute atomic E-state index is 6.03. The fourth-order valence-electron chi connectivity index (χ4n) is 13.7. The SMILES string of the molecule is C.C=C(Nc1cc2ccccc2[nH]1)c1cccc(-c2cc3ccccc3[nH]2)c1.C=C(Nc1cccc(-c2cc3ccccc3[nH]2)c1)c1cc2ccccc2[nH]1.C=C(Oc1cc2ccccc2[nH]1)c1cccc(-c2cc3ccccc3[nH]2)c1.C=C(Oc1cccc(-c2cc3ccccc3[nH]2)c1)c1cc2ccccc2[nH]1. The summed E-state index contributed by atoms with van der Waals surface area (Å²) in [5.41, 5.74) is 24.3. The van der Waals surface area contributed by atoms with Gasteiger partial charge in [-0.15, -0.1) is 0 Å². The molecule has 0 unspecified atom stereocenters. The normalized spacial score (nSPS) is 11.0. The lowest BCUT2D eigenvalue weighted by Crippen LogP contribution is -1.97. The average molecular weight is 1420 g/mol. The summed E-state index contributed by atoms with van der Waals surface area (Å²) in [4.78, 5) is 27.3. The molecule has 20 rings (SSSR count). The molecule has 0 amide bonds. The van der Waals surface area contributed by atoms with Gasteiger partial charge in [0.1, 0.15) is 23.1 Å². The maximum Gasteiger partial charge on any atom is 0.198 e. The molecule has 12 aromatic carbocycles. The Morgan fingerprint density at radius 1 is 0.248 bits per heavy atom. The molecule has 0 atom stereocenters. The highest BCUT2D eigenvalue weighted by molar-refractivity contribution is 5.93. The van der Waals surface area contributed by atoms with Gasteiger partial charge in [-0.05, 0) is 144 Å². The van der Waals surface area contributed by atoms with Crippen molar-refractivity contribution >= 4 is 122 Å². The summed E-state index contributed by atoms with van der Waals surface area (Å²) >= 11 is 0. The van der Waals surface area contributed by atoms with Gasteiger partial charge in [0.15, 0.2) is 5.88 Å². The van der Waals surface area contributed by atoms with E-state index in [0.717, 1.165) is 151 Å². The smallest absolute Gasteiger partial charge is 0.198 e. The van der Waals surface area contributed by atoms with Crippen LogP contribution in [0.3, 0.4) is 0 Å². The number of rotatable bonds is 16. The van der Waals surface area contributed by atoms with Gasteiger partial charge in [-0.25, -0.2) is 0 Å². The molecule has 20 aromatic rings. The van der Waals surface area contributed by atoms with E-state index in [2.05, 4.69) is 283 Å². The Morgan fingerprint density at radius 2 is 0.606 bits per heavy atom.